The quantitative estimate of drug-likeness (QED) is 0.330. The van der Waals surface area contributed by atoms with Crippen LogP contribution in [0.15, 0.2) is 12.2 Å². The van der Waals surface area contributed by atoms with E-state index in [0.717, 1.165) is 25.5 Å². The van der Waals surface area contributed by atoms with Gasteiger partial charge in [-0.1, -0.05) is 32.9 Å². The van der Waals surface area contributed by atoms with Crippen molar-refractivity contribution in [2.75, 3.05) is 0 Å². The van der Waals surface area contributed by atoms with Crippen molar-refractivity contribution < 1.29 is 18.8 Å². The van der Waals surface area contributed by atoms with E-state index in [1.165, 1.54) is 0 Å². The van der Waals surface area contributed by atoms with Gasteiger partial charge in [0.25, 0.3) is 0 Å². The molecule has 5 heteroatoms. The van der Waals surface area contributed by atoms with E-state index in [9.17, 15) is 9.59 Å². The maximum atomic E-state index is 12.0. The molecule has 0 amide bonds. The number of aldehydes is 1. The molecule has 136 valence electrons. The highest BCUT2D eigenvalue weighted by molar-refractivity contribution is 6.74. The van der Waals surface area contributed by atoms with Crippen molar-refractivity contribution in [2.45, 2.75) is 83.2 Å². The highest BCUT2D eigenvalue weighted by Gasteiger charge is 2.49. The summed E-state index contributed by atoms with van der Waals surface area (Å²) >= 11 is 0. The zero-order valence-electron chi connectivity index (χ0n) is 15.7. The Labute approximate surface area is 147 Å². The van der Waals surface area contributed by atoms with E-state index in [2.05, 4.69) is 46.0 Å². The Morgan fingerprint density at radius 2 is 2.00 bits per heavy atom. The Kier molecular flexibility index (Phi) is 6.08. The lowest BCUT2D eigenvalue weighted by Crippen LogP contribution is -2.45. The van der Waals surface area contributed by atoms with Crippen LogP contribution in [0.4, 0.5) is 0 Å². The molecule has 0 N–H and O–H groups in total. The lowest BCUT2D eigenvalue weighted by Gasteiger charge is -2.39. The van der Waals surface area contributed by atoms with Crippen molar-refractivity contribution in [3.63, 3.8) is 0 Å². The predicted molar refractivity (Wildman–Crippen MR) is 97.2 cm³/mol. The van der Waals surface area contributed by atoms with Gasteiger partial charge in [0, 0.05) is 24.7 Å². The van der Waals surface area contributed by atoms with Gasteiger partial charge in [-0.3, -0.25) is 4.79 Å². The average molecular weight is 353 g/mol. The fourth-order valence-corrected chi connectivity index (χ4v) is 4.73. The first-order valence-corrected chi connectivity index (χ1v) is 12.0. The summed E-state index contributed by atoms with van der Waals surface area (Å²) < 4.78 is 12.2. The number of hydrogen-bond donors (Lipinski definition) is 0. The van der Waals surface area contributed by atoms with Gasteiger partial charge in [0.15, 0.2) is 8.32 Å². The number of allylic oxidation sites excluding steroid dienone is 2. The molecule has 0 spiro atoms. The minimum atomic E-state index is -1.97. The van der Waals surface area contributed by atoms with Gasteiger partial charge in [0.1, 0.15) is 12.4 Å². The normalized spacial score (nSPS) is 33.5. The van der Waals surface area contributed by atoms with Gasteiger partial charge < -0.3 is 14.0 Å². The van der Waals surface area contributed by atoms with Crippen LogP contribution in [-0.2, 0) is 18.8 Å². The summed E-state index contributed by atoms with van der Waals surface area (Å²) in [5.41, 5.74) is 0. The summed E-state index contributed by atoms with van der Waals surface area (Å²) in [6.45, 7) is 11.0. The maximum absolute atomic E-state index is 12.0. The van der Waals surface area contributed by atoms with E-state index in [-0.39, 0.29) is 35.1 Å². The summed E-state index contributed by atoms with van der Waals surface area (Å²) in [4.78, 5) is 23.8. The maximum Gasteiger partial charge on any atom is 0.306 e. The number of esters is 1. The Bertz CT molecular complexity index is 492. The molecule has 1 aliphatic carbocycles. The largest absolute Gasteiger partial charge is 0.462 e. The van der Waals surface area contributed by atoms with E-state index >= 15 is 0 Å². The van der Waals surface area contributed by atoms with Crippen LogP contribution in [0.5, 0.6) is 0 Å². The molecule has 0 aromatic rings. The molecule has 1 saturated carbocycles. The molecular weight excluding hydrogens is 320 g/mol. The first kappa shape index (κ1) is 19.4. The highest BCUT2D eigenvalue weighted by atomic mass is 28.4. The molecule has 24 heavy (non-hydrogen) atoms. The highest BCUT2D eigenvalue weighted by Crippen LogP contribution is 2.44. The third-order valence-electron chi connectivity index (χ3n) is 5.88. The van der Waals surface area contributed by atoms with Crippen molar-refractivity contribution in [2.24, 2.45) is 11.8 Å². The molecule has 0 bridgehead atoms. The molecule has 1 fully saturated rings. The van der Waals surface area contributed by atoms with Crippen LogP contribution in [0.1, 0.15) is 52.9 Å². The number of carbonyl (C=O) groups excluding carboxylic acids is 2. The molecule has 0 unspecified atom stereocenters. The average Bonchev–Trinajstić information content (AvgIpc) is 2.77. The van der Waals surface area contributed by atoms with Gasteiger partial charge in [-0.25, -0.2) is 0 Å². The fraction of sp³-hybridized carbons (Fsp3) is 0.789. The van der Waals surface area contributed by atoms with Crippen molar-refractivity contribution in [1.29, 1.82) is 0 Å². The summed E-state index contributed by atoms with van der Waals surface area (Å²) in [6, 6.07) is 0. The zero-order valence-corrected chi connectivity index (χ0v) is 16.7. The van der Waals surface area contributed by atoms with Crippen LogP contribution in [0.2, 0.25) is 18.1 Å². The summed E-state index contributed by atoms with van der Waals surface area (Å²) in [5, 5.41) is 0.0908. The Morgan fingerprint density at radius 1 is 1.29 bits per heavy atom. The lowest BCUT2D eigenvalue weighted by atomic mass is 9.91. The van der Waals surface area contributed by atoms with E-state index in [0.29, 0.717) is 12.8 Å². The van der Waals surface area contributed by atoms with E-state index in [1.807, 2.05) is 0 Å². The zero-order chi connectivity index (χ0) is 18.0. The van der Waals surface area contributed by atoms with Crippen molar-refractivity contribution in [3.8, 4) is 0 Å². The molecule has 2 rings (SSSR count). The Hall–Kier alpha value is -0.943. The summed E-state index contributed by atoms with van der Waals surface area (Å²) in [5.74, 6) is -0.297. The number of ether oxygens (including phenoxy) is 1. The molecule has 0 aromatic carbocycles. The van der Waals surface area contributed by atoms with Crippen LogP contribution >= 0.6 is 0 Å². The smallest absolute Gasteiger partial charge is 0.306 e. The third kappa shape index (κ3) is 4.36. The Morgan fingerprint density at radius 3 is 2.62 bits per heavy atom. The minimum Gasteiger partial charge on any atom is -0.462 e. The second-order valence-corrected chi connectivity index (χ2v) is 13.4. The first-order valence-electron chi connectivity index (χ1n) is 9.13. The van der Waals surface area contributed by atoms with Gasteiger partial charge >= 0.3 is 5.97 Å². The minimum absolute atomic E-state index is 0.0376. The lowest BCUT2D eigenvalue weighted by molar-refractivity contribution is -0.151. The van der Waals surface area contributed by atoms with Crippen LogP contribution < -0.4 is 0 Å². The number of rotatable bonds is 3. The van der Waals surface area contributed by atoms with E-state index < -0.39 is 8.32 Å². The topological polar surface area (TPSA) is 52.6 Å². The molecule has 4 atom stereocenters. The predicted octanol–water partition coefficient (Wildman–Crippen LogP) is 4.25. The van der Waals surface area contributed by atoms with Crippen molar-refractivity contribution in [3.05, 3.63) is 12.2 Å². The number of hydrogen-bond acceptors (Lipinski definition) is 4. The number of fused-ring (bicyclic) bond motifs is 1. The van der Waals surface area contributed by atoms with Crippen LogP contribution in [0.3, 0.4) is 0 Å². The standard InChI is InChI=1S/C19H32O4Si/c1-19(2,3)24(4,5)23-17-12-16-14(15(17)13-20)10-8-6-7-9-11-18(21)22-16/h6,8,13-17H,7,9-12H2,1-5H3/b8-6-/t14-,15-,16+,17-/m1/s1. The monoisotopic (exact) mass is 352 g/mol. The molecular formula is C19H32O4Si. The van der Waals surface area contributed by atoms with Gasteiger partial charge in [0.05, 0.1) is 6.10 Å². The second-order valence-electron chi connectivity index (χ2n) is 8.66. The molecule has 0 aromatic heterocycles. The number of carbonyl (C=O) groups is 2. The summed E-state index contributed by atoms with van der Waals surface area (Å²) in [7, 11) is -1.97. The molecule has 0 saturated heterocycles. The van der Waals surface area contributed by atoms with Gasteiger partial charge in [-0.15, -0.1) is 0 Å². The molecule has 1 aliphatic heterocycles. The SMILES string of the molecule is CC(C)(C)[Si](C)(C)O[C@@H]1C[C@@H]2OC(=O)CCC/C=C\C[C@@H]2[C@H]1C=O. The molecule has 0 radical (unpaired) electrons. The van der Waals surface area contributed by atoms with E-state index in [1.54, 1.807) is 0 Å². The van der Waals surface area contributed by atoms with Gasteiger partial charge in [0.2, 0.25) is 0 Å². The molecule has 1 heterocycles. The van der Waals surface area contributed by atoms with Crippen molar-refractivity contribution >= 4 is 20.6 Å². The van der Waals surface area contributed by atoms with E-state index in [4.69, 9.17) is 9.16 Å². The fourth-order valence-electron chi connectivity index (χ4n) is 3.36. The summed E-state index contributed by atoms with van der Waals surface area (Å²) in [6.07, 6.45) is 8.53. The Balaban J connectivity index is 2.20. The molecule has 4 nitrogen and oxygen atoms in total. The first-order chi connectivity index (χ1) is 11.2. The van der Waals surface area contributed by atoms with Crippen LogP contribution in [0, 0.1) is 11.8 Å². The van der Waals surface area contributed by atoms with Crippen LogP contribution in [0.25, 0.3) is 0 Å². The third-order valence-corrected chi connectivity index (χ3v) is 10.4. The van der Waals surface area contributed by atoms with Gasteiger partial charge in [-0.2, -0.15) is 0 Å². The van der Waals surface area contributed by atoms with Crippen LogP contribution in [-0.4, -0.2) is 32.8 Å². The molecule has 2 aliphatic rings. The van der Waals surface area contributed by atoms with Gasteiger partial charge in [-0.05, 0) is 37.4 Å². The second kappa shape index (κ2) is 7.52. The van der Waals surface area contributed by atoms with Crippen molar-refractivity contribution in [1.82, 2.24) is 0 Å².